The number of amides is 1. The Morgan fingerprint density at radius 1 is 1.03 bits per heavy atom. The van der Waals surface area contributed by atoms with Crippen molar-refractivity contribution in [2.45, 2.75) is 24.7 Å². The zero-order chi connectivity index (χ0) is 23.6. The maximum Gasteiger partial charge on any atom is 0.251 e. The van der Waals surface area contributed by atoms with Crippen molar-refractivity contribution in [2.24, 2.45) is 0 Å². The summed E-state index contributed by atoms with van der Waals surface area (Å²) < 4.78 is 17.9. The number of nitrogens with zero attached hydrogens (tertiary/aromatic N) is 3. The molecule has 1 atom stereocenters. The van der Waals surface area contributed by atoms with Crippen LogP contribution in [-0.2, 0) is 6.54 Å². The van der Waals surface area contributed by atoms with Gasteiger partial charge in [-0.3, -0.25) is 4.79 Å². The van der Waals surface area contributed by atoms with E-state index in [-0.39, 0.29) is 12.5 Å². The molecule has 0 fully saturated rings. The Morgan fingerprint density at radius 3 is 2.21 bits per heavy atom. The molecule has 0 aliphatic carbocycles. The van der Waals surface area contributed by atoms with E-state index in [1.807, 2.05) is 35.8 Å². The lowest BCUT2D eigenvalue weighted by Crippen LogP contribution is -2.32. The molecule has 0 bridgehead atoms. The van der Waals surface area contributed by atoms with E-state index in [4.69, 9.17) is 14.2 Å². The SMILES string of the molecule is CCn1c(SCCOc2ccc(OC)cc2)nnc1[C@H](CO)NC(=O)c1ccc(OC)cc1. The van der Waals surface area contributed by atoms with E-state index in [2.05, 4.69) is 15.5 Å². The summed E-state index contributed by atoms with van der Waals surface area (Å²) in [6, 6.07) is 13.5. The van der Waals surface area contributed by atoms with Crippen LogP contribution in [0.1, 0.15) is 29.1 Å². The Balaban J connectivity index is 1.59. The molecule has 176 valence electrons. The van der Waals surface area contributed by atoms with Crippen LogP contribution < -0.4 is 19.5 Å². The smallest absolute Gasteiger partial charge is 0.251 e. The molecule has 2 aromatic carbocycles. The number of methoxy groups -OCH3 is 2. The van der Waals surface area contributed by atoms with Crippen molar-refractivity contribution < 1.29 is 24.1 Å². The molecule has 0 unspecified atom stereocenters. The van der Waals surface area contributed by atoms with Crippen molar-refractivity contribution >= 4 is 17.7 Å². The Kier molecular flexibility index (Phi) is 8.96. The van der Waals surface area contributed by atoms with Gasteiger partial charge >= 0.3 is 0 Å². The van der Waals surface area contributed by atoms with E-state index in [0.717, 1.165) is 11.5 Å². The van der Waals surface area contributed by atoms with Crippen LogP contribution >= 0.6 is 11.8 Å². The maximum absolute atomic E-state index is 12.6. The van der Waals surface area contributed by atoms with Crippen molar-refractivity contribution in [3.05, 3.63) is 59.9 Å². The number of ether oxygens (including phenoxy) is 3. The van der Waals surface area contributed by atoms with Crippen molar-refractivity contribution in [2.75, 3.05) is 33.2 Å². The molecule has 1 heterocycles. The van der Waals surface area contributed by atoms with Crippen LogP contribution in [0.25, 0.3) is 0 Å². The zero-order valence-electron chi connectivity index (χ0n) is 18.9. The van der Waals surface area contributed by atoms with Crippen LogP contribution in [0.3, 0.4) is 0 Å². The number of aromatic nitrogens is 3. The summed E-state index contributed by atoms with van der Waals surface area (Å²) in [5, 5.41) is 21.9. The predicted octanol–water partition coefficient (Wildman–Crippen LogP) is 2.95. The van der Waals surface area contributed by atoms with E-state index in [1.165, 1.54) is 11.8 Å². The molecule has 2 N–H and O–H groups in total. The fourth-order valence-corrected chi connectivity index (χ4v) is 3.93. The van der Waals surface area contributed by atoms with Crippen LogP contribution in [-0.4, -0.2) is 59.0 Å². The third-order valence-electron chi connectivity index (χ3n) is 4.86. The molecule has 33 heavy (non-hydrogen) atoms. The average Bonchev–Trinajstić information content (AvgIpc) is 3.28. The van der Waals surface area contributed by atoms with Crippen molar-refractivity contribution in [3.63, 3.8) is 0 Å². The lowest BCUT2D eigenvalue weighted by Gasteiger charge is -2.17. The first-order valence-corrected chi connectivity index (χ1v) is 11.5. The topological polar surface area (TPSA) is 108 Å². The van der Waals surface area contributed by atoms with Crippen molar-refractivity contribution in [1.29, 1.82) is 0 Å². The number of aliphatic hydroxyl groups is 1. The Morgan fingerprint density at radius 2 is 1.64 bits per heavy atom. The van der Waals surface area contributed by atoms with Crippen LogP contribution in [0, 0.1) is 0 Å². The number of benzene rings is 2. The molecule has 9 nitrogen and oxygen atoms in total. The Labute approximate surface area is 197 Å². The van der Waals surface area contributed by atoms with Gasteiger partial charge in [-0.05, 0) is 55.5 Å². The molecule has 0 aliphatic rings. The van der Waals surface area contributed by atoms with Gasteiger partial charge < -0.3 is 29.2 Å². The van der Waals surface area contributed by atoms with Crippen LogP contribution in [0.2, 0.25) is 0 Å². The summed E-state index contributed by atoms with van der Waals surface area (Å²) in [6.07, 6.45) is 0. The number of hydrogen-bond donors (Lipinski definition) is 2. The van der Waals surface area contributed by atoms with Gasteiger partial charge in [-0.15, -0.1) is 10.2 Å². The van der Waals surface area contributed by atoms with Gasteiger partial charge in [0.05, 0.1) is 27.4 Å². The number of carbonyl (C=O) groups excluding carboxylic acids is 1. The Hall–Kier alpha value is -3.24. The summed E-state index contributed by atoms with van der Waals surface area (Å²) >= 11 is 1.50. The second kappa shape index (κ2) is 12.1. The summed E-state index contributed by atoms with van der Waals surface area (Å²) in [5.41, 5.74) is 0.460. The third-order valence-corrected chi connectivity index (χ3v) is 5.79. The monoisotopic (exact) mass is 472 g/mol. The van der Waals surface area contributed by atoms with Gasteiger partial charge in [0.1, 0.15) is 23.3 Å². The third kappa shape index (κ3) is 6.39. The predicted molar refractivity (Wildman–Crippen MR) is 125 cm³/mol. The van der Waals surface area contributed by atoms with E-state index in [9.17, 15) is 9.90 Å². The number of nitrogens with one attached hydrogen (secondary N) is 1. The standard InChI is InChI=1S/C23H28N4O5S/c1-4-27-21(20(15-28)24-22(29)16-5-7-17(30-2)8-6-16)25-26-23(27)33-14-13-32-19-11-9-18(31-3)10-12-19/h5-12,20,28H,4,13-15H2,1-3H3,(H,24,29)/t20-/m0/s1. The van der Waals surface area contributed by atoms with Gasteiger partial charge in [0, 0.05) is 17.9 Å². The molecule has 1 amide bonds. The van der Waals surface area contributed by atoms with Crippen molar-refractivity contribution in [3.8, 4) is 17.2 Å². The number of rotatable bonds is 12. The summed E-state index contributed by atoms with van der Waals surface area (Å²) in [5.74, 6) is 3.04. The number of carbonyl (C=O) groups is 1. The second-order valence-electron chi connectivity index (χ2n) is 6.89. The summed E-state index contributed by atoms with van der Waals surface area (Å²) in [6.45, 7) is 2.75. The number of thioether (sulfide) groups is 1. The molecule has 0 radical (unpaired) electrons. The summed E-state index contributed by atoms with van der Waals surface area (Å²) in [4.78, 5) is 12.6. The van der Waals surface area contributed by atoms with E-state index < -0.39 is 6.04 Å². The van der Waals surface area contributed by atoms with Crippen molar-refractivity contribution in [1.82, 2.24) is 20.1 Å². The molecule has 0 aliphatic heterocycles. The minimum atomic E-state index is -0.683. The number of hydrogen-bond acceptors (Lipinski definition) is 8. The highest BCUT2D eigenvalue weighted by atomic mass is 32.2. The minimum absolute atomic E-state index is 0.300. The van der Waals surface area contributed by atoms with Crippen LogP contribution in [0.5, 0.6) is 17.2 Å². The average molecular weight is 473 g/mol. The molecule has 0 saturated heterocycles. The quantitative estimate of drug-likeness (QED) is 0.306. The molecular formula is C23H28N4O5S. The van der Waals surface area contributed by atoms with E-state index >= 15 is 0 Å². The molecule has 3 aromatic rings. The second-order valence-corrected chi connectivity index (χ2v) is 7.96. The fourth-order valence-electron chi connectivity index (χ4n) is 3.10. The number of aliphatic hydroxyl groups excluding tert-OH is 1. The summed E-state index contributed by atoms with van der Waals surface area (Å²) in [7, 11) is 3.19. The van der Waals surface area contributed by atoms with Gasteiger partial charge in [0.2, 0.25) is 0 Å². The molecule has 10 heteroatoms. The molecule has 0 saturated carbocycles. The lowest BCUT2D eigenvalue weighted by molar-refractivity contribution is 0.0911. The Bertz CT molecular complexity index is 1020. The molecule has 1 aromatic heterocycles. The first kappa shape index (κ1) is 24.4. The molecule has 3 rings (SSSR count). The van der Waals surface area contributed by atoms with Gasteiger partial charge in [0.15, 0.2) is 11.0 Å². The fraction of sp³-hybridized carbons (Fsp3) is 0.348. The van der Waals surface area contributed by atoms with Crippen LogP contribution in [0.4, 0.5) is 0 Å². The normalized spacial score (nSPS) is 11.6. The largest absolute Gasteiger partial charge is 0.497 e. The first-order valence-electron chi connectivity index (χ1n) is 10.5. The van der Waals surface area contributed by atoms with Gasteiger partial charge in [-0.2, -0.15) is 0 Å². The van der Waals surface area contributed by atoms with Gasteiger partial charge in [0.25, 0.3) is 5.91 Å². The maximum atomic E-state index is 12.6. The highest BCUT2D eigenvalue weighted by molar-refractivity contribution is 7.99. The molecular weight excluding hydrogens is 444 g/mol. The zero-order valence-corrected chi connectivity index (χ0v) is 19.7. The minimum Gasteiger partial charge on any atom is -0.497 e. The van der Waals surface area contributed by atoms with E-state index in [0.29, 0.717) is 41.2 Å². The highest BCUT2D eigenvalue weighted by Gasteiger charge is 2.22. The highest BCUT2D eigenvalue weighted by Crippen LogP contribution is 2.22. The van der Waals surface area contributed by atoms with Gasteiger partial charge in [-0.25, -0.2) is 0 Å². The lowest BCUT2D eigenvalue weighted by atomic mass is 10.2. The van der Waals surface area contributed by atoms with Gasteiger partial charge in [-0.1, -0.05) is 11.8 Å². The van der Waals surface area contributed by atoms with E-state index in [1.54, 1.807) is 38.5 Å². The first-order chi connectivity index (χ1) is 16.1. The molecule has 0 spiro atoms. The van der Waals surface area contributed by atoms with Crippen LogP contribution in [0.15, 0.2) is 53.7 Å².